The number of benzene rings is 1. The summed E-state index contributed by atoms with van der Waals surface area (Å²) in [6.07, 6.45) is 4.58. The number of rotatable bonds is 7. The quantitative estimate of drug-likeness (QED) is 0.473. The van der Waals surface area contributed by atoms with Gasteiger partial charge >= 0.3 is 0 Å². The van der Waals surface area contributed by atoms with Gasteiger partial charge in [0.05, 0.1) is 21.9 Å². The van der Waals surface area contributed by atoms with Crippen LogP contribution >= 0.6 is 23.2 Å². The number of nitrogens with zero attached hydrogens (tertiary/aromatic N) is 4. The van der Waals surface area contributed by atoms with Crippen LogP contribution in [-0.4, -0.2) is 65.9 Å². The topological polar surface area (TPSA) is 108 Å². The van der Waals surface area contributed by atoms with E-state index in [9.17, 15) is 13.2 Å². The first-order valence-corrected chi connectivity index (χ1v) is 13.4. The first-order valence-electron chi connectivity index (χ1n) is 10.8. The normalized spacial score (nSPS) is 15.1. The third kappa shape index (κ3) is 6.68. The van der Waals surface area contributed by atoms with Gasteiger partial charge in [0.2, 0.25) is 10.0 Å². The third-order valence-corrected chi connectivity index (χ3v) is 7.43. The van der Waals surface area contributed by atoms with Crippen LogP contribution < -0.4 is 10.6 Å². The number of pyridine rings is 2. The van der Waals surface area contributed by atoms with Gasteiger partial charge in [0.1, 0.15) is 11.6 Å². The summed E-state index contributed by atoms with van der Waals surface area (Å²) in [5.74, 6) is 0.684. The Morgan fingerprint density at radius 2 is 1.71 bits per heavy atom. The third-order valence-electron chi connectivity index (χ3n) is 5.49. The Labute approximate surface area is 214 Å². The Morgan fingerprint density at radius 3 is 2.34 bits per heavy atom. The van der Waals surface area contributed by atoms with Crippen molar-refractivity contribution in [2.45, 2.75) is 6.54 Å². The average Bonchev–Trinajstić information content (AvgIpc) is 2.80. The molecule has 2 N–H and O–H groups in total. The molecule has 12 heteroatoms. The van der Waals surface area contributed by atoms with Crippen molar-refractivity contribution >= 4 is 56.5 Å². The van der Waals surface area contributed by atoms with Gasteiger partial charge in [-0.1, -0.05) is 35.3 Å². The van der Waals surface area contributed by atoms with Crippen molar-refractivity contribution in [3.8, 4) is 0 Å². The van der Waals surface area contributed by atoms with E-state index in [1.165, 1.54) is 10.6 Å². The van der Waals surface area contributed by atoms with Gasteiger partial charge in [-0.05, 0) is 29.8 Å². The second-order valence-corrected chi connectivity index (χ2v) is 10.9. The fourth-order valence-electron chi connectivity index (χ4n) is 3.69. The Hall–Kier alpha value is -2.76. The standard InChI is InChI=1S/C23H24Cl2N6O3S/c1-35(33,34)31-11-9-30(10-12-31)15-16-5-6-20(27-14-16)29-21-13-17(7-8-26-21)28-23(32)22-18(24)3-2-4-19(22)25/h2-8,13-14H,9-12,15H2,1H3,(H2,26,27,28,29,32). The molecule has 1 aliphatic heterocycles. The Balaban J connectivity index is 1.35. The van der Waals surface area contributed by atoms with E-state index in [-0.39, 0.29) is 15.6 Å². The highest BCUT2D eigenvalue weighted by Crippen LogP contribution is 2.26. The molecule has 2 aromatic heterocycles. The first kappa shape index (κ1) is 25.3. The Bertz CT molecular complexity index is 1290. The highest BCUT2D eigenvalue weighted by atomic mass is 35.5. The minimum atomic E-state index is -3.14. The molecule has 3 heterocycles. The number of halogens is 2. The zero-order valence-corrected chi connectivity index (χ0v) is 21.2. The molecule has 1 fully saturated rings. The van der Waals surface area contributed by atoms with Gasteiger partial charge in [-0.3, -0.25) is 9.69 Å². The van der Waals surface area contributed by atoms with Crippen LogP contribution in [0.4, 0.5) is 17.3 Å². The van der Waals surface area contributed by atoms with E-state index in [1.807, 2.05) is 12.1 Å². The monoisotopic (exact) mass is 534 g/mol. The lowest BCUT2D eigenvalue weighted by molar-refractivity contribution is 0.102. The molecule has 3 aromatic rings. The molecule has 0 unspecified atom stereocenters. The second-order valence-electron chi connectivity index (χ2n) is 8.10. The summed E-state index contributed by atoms with van der Waals surface area (Å²) in [5, 5.41) is 6.43. The molecule has 0 atom stereocenters. The number of piperazine rings is 1. The van der Waals surface area contributed by atoms with Gasteiger partial charge in [-0.25, -0.2) is 18.4 Å². The lowest BCUT2D eigenvalue weighted by atomic mass is 10.2. The van der Waals surface area contributed by atoms with Crippen molar-refractivity contribution in [2.75, 3.05) is 43.1 Å². The molecule has 4 rings (SSSR count). The van der Waals surface area contributed by atoms with E-state index in [0.29, 0.717) is 50.0 Å². The summed E-state index contributed by atoms with van der Waals surface area (Å²) in [6, 6.07) is 12.0. The number of sulfonamides is 1. The lowest BCUT2D eigenvalue weighted by Crippen LogP contribution is -2.47. The summed E-state index contributed by atoms with van der Waals surface area (Å²) in [6.45, 7) is 3.03. The molecular weight excluding hydrogens is 511 g/mol. The minimum absolute atomic E-state index is 0.206. The molecule has 9 nitrogen and oxygen atoms in total. The van der Waals surface area contributed by atoms with E-state index < -0.39 is 15.9 Å². The Kier molecular flexibility index (Phi) is 7.88. The predicted octanol–water partition coefficient (Wildman–Crippen LogP) is 3.86. The molecule has 1 aliphatic rings. The van der Waals surface area contributed by atoms with Crippen molar-refractivity contribution in [3.63, 3.8) is 0 Å². The summed E-state index contributed by atoms with van der Waals surface area (Å²) in [7, 11) is -3.14. The smallest absolute Gasteiger partial charge is 0.258 e. The second kappa shape index (κ2) is 10.9. The molecule has 0 aliphatic carbocycles. The maximum atomic E-state index is 12.6. The van der Waals surface area contributed by atoms with Gasteiger partial charge in [-0.2, -0.15) is 4.31 Å². The zero-order chi connectivity index (χ0) is 25.0. The summed E-state index contributed by atoms with van der Waals surface area (Å²) < 4.78 is 24.8. The van der Waals surface area contributed by atoms with Gasteiger partial charge in [0.25, 0.3) is 5.91 Å². The largest absolute Gasteiger partial charge is 0.325 e. The van der Waals surface area contributed by atoms with Crippen molar-refractivity contribution in [3.05, 3.63) is 76.0 Å². The van der Waals surface area contributed by atoms with Gasteiger partial charge in [0.15, 0.2) is 0 Å². The molecule has 0 bridgehead atoms. The van der Waals surface area contributed by atoms with Crippen LogP contribution in [0.15, 0.2) is 54.9 Å². The zero-order valence-electron chi connectivity index (χ0n) is 18.9. The van der Waals surface area contributed by atoms with Crippen LogP contribution in [0, 0.1) is 0 Å². The van der Waals surface area contributed by atoms with E-state index in [0.717, 1.165) is 5.56 Å². The SMILES string of the molecule is CS(=O)(=O)N1CCN(Cc2ccc(Nc3cc(NC(=O)c4c(Cl)cccc4Cl)ccn3)nc2)CC1. The number of aromatic nitrogens is 2. The fraction of sp³-hybridized carbons (Fsp3) is 0.261. The van der Waals surface area contributed by atoms with E-state index in [4.69, 9.17) is 23.2 Å². The van der Waals surface area contributed by atoms with Crippen LogP contribution in [0.1, 0.15) is 15.9 Å². The first-order chi connectivity index (χ1) is 16.7. The van der Waals surface area contributed by atoms with Crippen molar-refractivity contribution in [1.29, 1.82) is 0 Å². The van der Waals surface area contributed by atoms with Crippen molar-refractivity contribution < 1.29 is 13.2 Å². The van der Waals surface area contributed by atoms with Crippen LogP contribution in [0.2, 0.25) is 10.0 Å². The van der Waals surface area contributed by atoms with Gasteiger partial charge < -0.3 is 10.6 Å². The average molecular weight is 535 g/mol. The number of hydrogen-bond acceptors (Lipinski definition) is 7. The number of anilines is 3. The van der Waals surface area contributed by atoms with Crippen LogP contribution in [0.3, 0.4) is 0 Å². The predicted molar refractivity (Wildman–Crippen MR) is 138 cm³/mol. The highest BCUT2D eigenvalue weighted by molar-refractivity contribution is 7.88. The molecule has 0 radical (unpaired) electrons. The molecule has 184 valence electrons. The summed E-state index contributed by atoms with van der Waals surface area (Å²) in [5.41, 5.74) is 1.75. The van der Waals surface area contributed by atoms with Gasteiger partial charge in [0, 0.05) is 56.9 Å². The number of amides is 1. The molecule has 35 heavy (non-hydrogen) atoms. The summed E-state index contributed by atoms with van der Waals surface area (Å²) >= 11 is 12.2. The van der Waals surface area contributed by atoms with Crippen molar-refractivity contribution in [1.82, 2.24) is 19.2 Å². The fourth-order valence-corrected chi connectivity index (χ4v) is 5.08. The highest BCUT2D eigenvalue weighted by Gasteiger charge is 2.23. The molecule has 1 aromatic carbocycles. The Morgan fingerprint density at radius 1 is 1.00 bits per heavy atom. The van der Waals surface area contributed by atoms with E-state index >= 15 is 0 Å². The number of nitrogens with one attached hydrogen (secondary N) is 2. The molecular formula is C23H24Cl2N6O3S. The van der Waals surface area contributed by atoms with Crippen LogP contribution in [0.25, 0.3) is 0 Å². The molecule has 1 amide bonds. The number of hydrogen-bond donors (Lipinski definition) is 2. The van der Waals surface area contributed by atoms with Crippen LogP contribution in [0.5, 0.6) is 0 Å². The molecule has 0 saturated carbocycles. The number of carbonyl (C=O) groups excluding carboxylic acids is 1. The van der Waals surface area contributed by atoms with Crippen molar-refractivity contribution in [2.24, 2.45) is 0 Å². The van der Waals surface area contributed by atoms with E-state index in [2.05, 4.69) is 25.5 Å². The summed E-state index contributed by atoms with van der Waals surface area (Å²) in [4.78, 5) is 23.5. The number of carbonyl (C=O) groups is 1. The maximum absolute atomic E-state index is 12.6. The van der Waals surface area contributed by atoms with Crippen LogP contribution in [-0.2, 0) is 16.6 Å². The minimum Gasteiger partial charge on any atom is -0.325 e. The lowest BCUT2D eigenvalue weighted by Gasteiger charge is -2.33. The molecule has 0 spiro atoms. The van der Waals surface area contributed by atoms with E-state index in [1.54, 1.807) is 42.7 Å². The molecule has 1 saturated heterocycles. The van der Waals surface area contributed by atoms with Gasteiger partial charge in [-0.15, -0.1) is 0 Å². The maximum Gasteiger partial charge on any atom is 0.258 e.